The molecule has 1 N–H and O–H groups in total. The van der Waals surface area contributed by atoms with Crippen molar-refractivity contribution in [3.05, 3.63) is 71.1 Å². The highest BCUT2D eigenvalue weighted by atomic mass is 19.1. The second-order valence-corrected chi connectivity index (χ2v) is 6.52. The van der Waals surface area contributed by atoms with Crippen LogP contribution in [0.5, 0.6) is 11.5 Å². The Kier molecular flexibility index (Phi) is 5.94. The van der Waals surface area contributed by atoms with Crippen molar-refractivity contribution < 1.29 is 18.3 Å². The Bertz CT molecular complexity index is 950. The van der Waals surface area contributed by atoms with Crippen LogP contribution in [0.1, 0.15) is 29.8 Å². The van der Waals surface area contributed by atoms with Crippen molar-refractivity contribution in [1.29, 1.82) is 0 Å². The lowest BCUT2D eigenvalue weighted by Gasteiger charge is -2.15. The molecule has 0 amide bonds. The van der Waals surface area contributed by atoms with Gasteiger partial charge in [-0.15, -0.1) is 0 Å². The number of ether oxygens (including phenoxy) is 2. The zero-order valence-corrected chi connectivity index (χ0v) is 16.3. The van der Waals surface area contributed by atoms with Gasteiger partial charge in [-0.1, -0.05) is 0 Å². The lowest BCUT2D eigenvalue weighted by Crippen LogP contribution is -2.18. The van der Waals surface area contributed by atoms with Crippen LogP contribution in [0.3, 0.4) is 0 Å². The van der Waals surface area contributed by atoms with Gasteiger partial charge in [-0.25, -0.2) is 13.5 Å². The lowest BCUT2D eigenvalue weighted by molar-refractivity contribution is 0.392. The fourth-order valence-corrected chi connectivity index (χ4v) is 3.09. The molecule has 1 aromatic heterocycles. The molecular weight excluding hydrogens is 364 g/mol. The van der Waals surface area contributed by atoms with Crippen LogP contribution >= 0.6 is 0 Å². The summed E-state index contributed by atoms with van der Waals surface area (Å²) >= 11 is 0. The van der Waals surface area contributed by atoms with Gasteiger partial charge in [-0.05, 0) is 43.7 Å². The van der Waals surface area contributed by atoms with Gasteiger partial charge in [0.2, 0.25) is 0 Å². The summed E-state index contributed by atoms with van der Waals surface area (Å²) in [5.41, 5.74) is 2.94. The lowest BCUT2D eigenvalue weighted by atomic mass is 10.1. The quantitative estimate of drug-likeness (QED) is 0.656. The minimum atomic E-state index is -0.651. The van der Waals surface area contributed by atoms with Gasteiger partial charge in [0.15, 0.2) is 5.82 Å². The molecule has 5 nitrogen and oxygen atoms in total. The molecule has 1 atom stereocenters. The number of hydrogen-bond acceptors (Lipinski definition) is 4. The summed E-state index contributed by atoms with van der Waals surface area (Å²) in [7, 11) is 3.22. The maximum atomic E-state index is 14.1. The molecule has 148 valence electrons. The van der Waals surface area contributed by atoms with E-state index in [4.69, 9.17) is 9.47 Å². The summed E-state index contributed by atoms with van der Waals surface area (Å²) in [6, 6.07) is 9.12. The average Bonchev–Trinajstić information content (AvgIpc) is 3.07. The van der Waals surface area contributed by atoms with Crippen LogP contribution < -0.4 is 14.8 Å². The number of nitrogens with zero attached hydrogens (tertiary/aromatic N) is 2. The van der Waals surface area contributed by atoms with E-state index in [-0.39, 0.29) is 11.7 Å². The van der Waals surface area contributed by atoms with Crippen molar-refractivity contribution in [3.63, 3.8) is 0 Å². The molecule has 7 heteroatoms. The number of rotatable bonds is 7. The van der Waals surface area contributed by atoms with Crippen LogP contribution in [0.15, 0.2) is 42.6 Å². The molecule has 0 aliphatic rings. The van der Waals surface area contributed by atoms with Crippen LogP contribution in [-0.4, -0.2) is 24.0 Å². The van der Waals surface area contributed by atoms with Crippen LogP contribution in [0.2, 0.25) is 0 Å². The van der Waals surface area contributed by atoms with Crippen molar-refractivity contribution in [2.75, 3.05) is 14.2 Å². The van der Waals surface area contributed by atoms with Crippen molar-refractivity contribution >= 4 is 0 Å². The van der Waals surface area contributed by atoms with Gasteiger partial charge < -0.3 is 14.8 Å². The van der Waals surface area contributed by atoms with Crippen LogP contribution in [0, 0.1) is 18.6 Å². The molecule has 3 aromatic rings. The summed E-state index contributed by atoms with van der Waals surface area (Å²) < 4.78 is 39.3. The Morgan fingerprint density at radius 3 is 2.36 bits per heavy atom. The Morgan fingerprint density at radius 1 is 1.07 bits per heavy atom. The van der Waals surface area contributed by atoms with E-state index in [0.29, 0.717) is 6.54 Å². The highest BCUT2D eigenvalue weighted by molar-refractivity contribution is 5.39. The highest BCUT2D eigenvalue weighted by Crippen LogP contribution is 2.25. The predicted octanol–water partition coefficient (Wildman–Crippen LogP) is 4.33. The molecule has 0 fully saturated rings. The molecule has 1 heterocycles. The van der Waals surface area contributed by atoms with Gasteiger partial charge in [-0.2, -0.15) is 5.10 Å². The Balaban J connectivity index is 1.77. The van der Waals surface area contributed by atoms with Crippen molar-refractivity contribution in [2.45, 2.75) is 26.4 Å². The van der Waals surface area contributed by atoms with E-state index in [9.17, 15) is 8.78 Å². The van der Waals surface area contributed by atoms with E-state index in [0.717, 1.165) is 34.4 Å². The first-order valence-corrected chi connectivity index (χ1v) is 8.88. The van der Waals surface area contributed by atoms with E-state index in [1.165, 1.54) is 16.8 Å². The normalized spacial score (nSPS) is 12.1. The maximum absolute atomic E-state index is 14.1. The molecule has 0 unspecified atom stereocenters. The highest BCUT2D eigenvalue weighted by Gasteiger charge is 2.16. The molecule has 3 rings (SSSR count). The third-order valence-corrected chi connectivity index (χ3v) is 4.68. The predicted molar refractivity (Wildman–Crippen MR) is 103 cm³/mol. The molecule has 0 aliphatic heterocycles. The summed E-state index contributed by atoms with van der Waals surface area (Å²) in [5.74, 6) is 0.177. The summed E-state index contributed by atoms with van der Waals surface area (Å²) in [6.07, 6.45) is 1.70. The van der Waals surface area contributed by atoms with Gasteiger partial charge in [0, 0.05) is 36.0 Å². The smallest absolute Gasteiger partial charge is 0.151 e. The summed E-state index contributed by atoms with van der Waals surface area (Å²) in [6.45, 7) is 4.45. The summed E-state index contributed by atoms with van der Waals surface area (Å²) in [4.78, 5) is 0. The van der Waals surface area contributed by atoms with E-state index in [2.05, 4.69) is 10.4 Å². The Morgan fingerprint density at radius 2 is 1.75 bits per heavy atom. The maximum Gasteiger partial charge on any atom is 0.151 e. The monoisotopic (exact) mass is 387 g/mol. The van der Waals surface area contributed by atoms with Crippen LogP contribution in [-0.2, 0) is 6.54 Å². The van der Waals surface area contributed by atoms with E-state index in [1.807, 2.05) is 32.0 Å². The van der Waals surface area contributed by atoms with Crippen LogP contribution in [0.4, 0.5) is 8.78 Å². The van der Waals surface area contributed by atoms with Crippen LogP contribution in [0.25, 0.3) is 5.69 Å². The van der Waals surface area contributed by atoms with E-state index < -0.39 is 11.6 Å². The van der Waals surface area contributed by atoms with Gasteiger partial charge in [0.1, 0.15) is 23.0 Å². The third kappa shape index (κ3) is 4.14. The van der Waals surface area contributed by atoms with Gasteiger partial charge in [-0.3, -0.25) is 0 Å². The van der Waals surface area contributed by atoms with E-state index >= 15 is 0 Å². The molecule has 0 saturated heterocycles. The molecule has 28 heavy (non-hydrogen) atoms. The number of aromatic nitrogens is 2. The minimum absolute atomic E-state index is 0.0329. The zero-order chi connectivity index (χ0) is 20.3. The number of methoxy groups -OCH3 is 2. The zero-order valence-electron chi connectivity index (χ0n) is 16.3. The van der Waals surface area contributed by atoms with Gasteiger partial charge >= 0.3 is 0 Å². The molecule has 2 aromatic carbocycles. The number of hydrogen-bond donors (Lipinski definition) is 1. The Labute approximate surface area is 162 Å². The standard InChI is InChI=1S/C21H23F2N3O2/c1-13(24-11-15-7-17(27-3)10-18(8-15)28-4)19-12-25-26(14(19)2)21-6-5-16(22)9-20(21)23/h5-10,12-13,24H,11H2,1-4H3/t13-/m0/s1. The third-order valence-electron chi connectivity index (χ3n) is 4.68. The summed E-state index contributed by atoms with van der Waals surface area (Å²) in [5, 5.41) is 7.71. The fraction of sp³-hybridized carbons (Fsp3) is 0.286. The van der Waals surface area contributed by atoms with Crippen molar-refractivity contribution in [1.82, 2.24) is 15.1 Å². The van der Waals surface area contributed by atoms with Crippen molar-refractivity contribution in [3.8, 4) is 17.2 Å². The Hall–Kier alpha value is -2.93. The SMILES string of the molecule is COc1cc(CN[C@@H](C)c2cnn(-c3ccc(F)cc3F)c2C)cc(OC)c1. The van der Waals surface area contributed by atoms with Crippen molar-refractivity contribution in [2.24, 2.45) is 0 Å². The number of nitrogens with one attached hydrogen (secondary N) is 1. The molecule has 0 saturated carbocycles. The second kappa shape index (κ2) is 8.39. The first kappa shape index (κ1) is 19.8. The second-order valence-electron chi connectivity index (χ2n) is 6.52. The molecular formula is C21H23F2N3O2. The molecule has 0 radical (unpaired) electrons. The molecule has 0 spiro atoms. The average molecular weight is 387 g/mol. The largest absolute Gasteiger partial charge is 0.497 e. The fourth-order valence-electron chi connectivity index (χ4n) is 3.09. The van der Waals surface area contributed by atoms with Gasteiger partial charge in [0.25, 0.3) is 0 Å². The first-order chi connectivity index (χ1) is 13.4. The number of benzene rings is 2. The topological polar surface area (TPSA) is 48.3 Å². The molecule has 0 bridgehead atoms. The molecule has 0 aliphatic carbocycles. The number of halogens is 2. The first-order valence-electron chi connectivity index (χ1n) is 8.88. The van der Waals surface area contributed by atoms with Gasteiger partial charge in [0.05, 0.1) is 20.4 Å². The van der Waals surface area contributed by atoms with E-state index in [1.54, 1.807) is 20.4 Å². The minimum Gasteiger partial charge on any atom is -0.497 e.